The summed E-state index contributed by atoms with van der Waals surface area (Å²) < 4.78 is 90.2. The van der Waals surface area contributed by atoms with Crippen molar-refractivity contribution in [1.29, 1.82) is 0 Å². The third-order valence-electron chi connectivity index (χ3n) is 6.44. The molecule has 1 saturated heterocycles. The number of benzene rings is 1. The molecule has 218 valence electrons. The molecule has 0 radical (unpaired) electrons. The predicted octanol–water partition coefficient (Wildman–Crippen LogP) is 3.43. The van der Waals surface area contributed by atoms with Crippen LogP contribution in [0.25, 0.3) is 16.8 Å². The average Bonchev–Trinajstić information content (AvgIpc) is 3.53. The Morgan fingerprint density at radius 3 is 2.34 bits per heavy atom. The standard InChI is InChI=1S/C24H19BrF6N6O4/c1-9-34-23(37(35-9)15-4-12(25)6-32-22(15)24(29,30)31)21-20(40)18(19(39)16(8-38)41-21)36-7-11(5-33-36)10-2-13(26)17(28)14(27)3-10/h2-7,16,18-21,38-40H,8H2,1H3/t16?,18-,19-,20?,21+/m0/s1. The molecule has 2 unspecified atom stereocenters. The van der Waals surface area contributed by atoms with Crippen molar-refractivity contribution in [1.82, 2.24) is 29.5 Å². The average molecular weight is 649 g/mol. The lowest BCUT2D eigenvalue weighted by atomic mass is 9.92. The number of alkyl halides is 3. The summed E-state index contributed by atoms with van der Waals surface area (Å²) in [7, 11) is 0. The van der Waals surface area contributed by atoms with Gasteiger partial charge in [-0.2, -0.15) is 23.4 Å². The lowest BCUT2D eigenvalue weighted by Crippen LogP contribution is -2.53. The van der Waals surface area contributed by atoms with Crippen LogP contribution in [0.1, 0.15) is 29.5 Å². The van der Waals surface area contributed by atoms with Crippen molar-refractivity contribution in [2.24, 2.45) is 0 Å². The fourth-order valence-electron chi connectivity index (χ4n) is 4.60. The molecule has 3 aromatic heterocycles. The maximum absolute atomic E-state index is 13.8. The van der Waals surface area contributed by atoms with Crippen LogP contribution in [-0.4, -0.2) is 69.8 Å². The Bertz CT molecular complexity index is 1570. The Labute approximate surface area is 235 Å². The lowest BCUT2D eigenvalue weighted by Gasteiger charge is -2.41. The summed E-state index contributed by atoms with van der Waals surface area (Å²) in [5.74, 6) is -4.86. The molecule has 5 rings (SSSR count). The van der Waals surface area contributed by atoms with Crippen molar-refractivity contribution in [2.45, 2.75) is 43.6 Å². The number of ether oxygens (including phenoxy) is 1. The molecule has 1 aliphatic rings. The summed E-state index contributed by atoms with van der Waals surface area (Å²) in [6.07, 6.45) is -7.91. The van der Waals surface area contributed by atoms with E-state index in [-0.39, 0.29) is 27.2 Å². The third kappa shape index (κ3) is 5.34. The van der Waals surface area contributed by atoms with Gasteiger partial charge in [-0.05, 0) is 46.6 Å². The summed E-state index contributed by atoms with van der Waals surface area (Å²) in [4.78, 5) is 7.62. The summed E-state index contributed by atoms with van der Waals surface area (Å²) in [5, 5.41) is 40.3. The van der Waals surface area contributed by atoms with E-state index in [2.05, 4.69) is 36.1 Å². The van der Waals surface area contributed by atoms with Gasteiger partial charge in [0.05, 0.1) is 18.5 Å². The number of aromatic nitrogens is 6. The number of aliphatic hydroxyl groups is 3. The van der Waals surface area contributed by atoms with E-state index in [9.17, 15) is 41.7 Å². The number of aryl methyl sites for hydroxylation is 1. The van der Waals surface area contributed by atoms with Gasteiger partial charge in [0.2, 0.25) is 0 Å². The first-order chi connectivity index (χ1) is 19.3. The molecule has 3 N–H and O–H groups in total. The van der Waals surface area contributed by atoms with Crippen LogP contribution in [0.4, 0.5) is 26.3 Å². The van der Waals surface area contributed by atoms with Crippen molar-refractivity contribution in [2.75, 3.05) is 6.61 Å². The fourth-order valence-corrected chi connectivity index (χ4v) is 4.92. The number of hydrogen-bond acceptors (Lipinski definition) is 8. The number of halogens is 7. The van der Waals surface area contributed by atoms with E-state index in [1.165, 1.54) is 13.1 Å². The molecular formula is C24H19BrF6N6O4. The normalized spacial score (nSPS) is 23.2. The molecule has 5 atom stereocenters. The molecule has 17 heteroatoms. The minimum Gasteiger partial charge on any atom is -0.394 e. The molecule has 1 aliphatic heterocycles. The van der Waals surface area contributed by atoms with Gasteiger partial charge in [-0.15, -0.1) is 0 Å². The minimum atomic E-state index is -4.89. The zero-order chi connectivity index (χ0) is 29.8. The van der Waals surface area contributed by atoms with Crippen LogP contribution in [-0.2, 0) is 10.9 Å². The van der Waals surface area contributed by atoms with Gasteiger partial charge in [-0.3, -0.25) is 4.68 Å². The molecule has 0 aliphatic carbocycles. The molecule has 41 heavy (non-hydrogen) atoms. The fraction of sp³-hybridized carbons (Fsp3) is 0.333. The maximum Gasteiger partial charge on any atom is 0.435 e. The van der Waals surface area contributed by atoms with Crippen LogP contribution >= 0.6 is 15.9 Å². The first-order valence-corrected chi connectivity index (χ1v) is 12.6. The van der Waals surface area contributed by atoms with E-state index in [1.54, 1.807) is 0 Å². The second-order valence-corrected chi connectivity index (χ2v) is 10.1. The van der Waals surface area contributed by atoms with Crippen molar-refractivity contribution >= 4 is 15.9 Å². The van der Waals surface area contributed by atoms with Gasteiger partial charge < -0.3 is 20.1 Å². The zero-order valence-corrected chi connectivity index (χ0v) is 22.2. The largest absolute Gasteiger partial charge is 0.435 e. The topological polar surface area (TPSA) is 131 Å². The number of pyridine rings is 1. The van der Waals surface area contributed by atoms with Crippen LogP contribution in [0.3, 0.4) is 0 Å². The summed E-state index contributed by atoms with van der Waals surface area (Å²) >= 11 is 3.09. The highest BCUT2D eigenvalue weighted by Crippen LogP contribution is 2.40. The van der Waals surface area contributed by atoms with Gasteiger partial charge >= 0.3 is 6.18 Å². The first kappa shape index (κ1) is 29.1. The summed E-state index contributed by atoms with van der Waals surface area (Å²) in [6.45, 7) is 0.618. The quantitative estimate of drug-likeness (QED) is 0.222. The Kier molecular flexibility index (Phi) is 7.66. The number of nitrogens with zero attached hydrogens (tertiary/aromatic N) is 6. The molecule has 4 aromatic rings. The molecule has 4 heterocycles. The van der Waals surface area contributed by atoms with Crippen molar-refractivity contribution in [3.05, 3.63) is 76.1 Å². The van der Waals surface area contributed by atoms with E-state index in [0.29, 0.717) is 0 Å². The van der Waals surface area contributed by atoms with E-state index < -0.39 is 72.1 Å². The van der Waals surface area contributed by atoms with Crippen molar-refractivity contribution in [3.63, 3.8) is 0 Å². The van der Waals surface area contributed by atoms with E-state index in [1.807, 2.05) is 0 Å². The Hall–Kier alpha value is -3.38. The SMILES string of the molecule is Cc1nc([C@@H]2OC(CO)[C@H](O)[C@H](n3cc(-c4cc(F)c(F)c(F)c4)cn3)C2O)n(-c2cc(Br)cnc2C(F)(F)F)n1. The van der Waals surface area contributed by atoms with Crippen molar-refractivity contribution in [3.8, 4) is 16.8 Å². The molecule has 10 nitrogen and oxygen atoms in total. The van der Waals surface area contributed by atoms with Gasteiger partial charge in [-0.25, -0.2) is 27.8 Å². The third-order valence-corrected chi connectivity index (χ3v) is 6.87. The highest BCUT2D eigenvalue weighted by atomic mass is 79.9. The van der Waals surface area contributed by atoms with Crippen LogP contribution in [0, 0.1) is 24.4 Å². The molecule has 0 amide bonds. The monoisotopic (exact) mass is 648 g/mol. The van der Waals surface area contributed by atoms with Gasteiger partial charge in [0.1, 0.15) is 36.3 Å². The molecule has 0 spiro atoms. The number of hydrogen-bond donors (Lipinski definition) is 3. The molecule has 0 bridgehead atoms. The van der Waals surface area contributed by atoms with Gasteiger partial charge in [0, 0.05) is 22.4 Å². The van der Waals surface area contributed by atoms with E-state index in [0.717, 1.165) is 40.0 Å². The number of rotatable bonds is 5. The van der Waals surface area contributed by atoms with Gasteiger partial charge in [-0.1, -0.05) is 0 Å². The van der Waals surface area contributed by atoms with Gasteiger partial charge in [0.25, 0.3) is 0 Å². The molecule has 1 aromatic carbocycles. The lowest BCUT2D eigenvalue weighted by molar-refractivity contribution is -0.210. The predicted molar refractivity (Wildman–Crippen MR) is 130 cm³/mol. The van der Waals surface area contributed by atoms with E-state index in [4.69, 9.17) is 4.74 Å². The maximum atomic E-state index is 13.8. The van der Waals surface area contributed by atoms with Crippen LogP contribution < -0.4 is 0 Å². The Balaban J connectivity index is 1.58. The zero-order valence-electron chi connectivity index (χ0n) is 20.6. The van der Waals surface area contributed by atoms with Crippen LogP contribution in [0.5, 0.6) is 0 Å². The molecular weight excluding hydrogens is 630 g/mol. The second kappa shape index (κ2) is 10.8. The van der Waals surface area contributed by atoms with Gasteiger partial charge in [0.15, 0.2) is 29.0 Å². The highest BCUT2D eigenvalue weighted by Gasteiger charge is 2.49. The summed E-state index contributed by atoms with van der Waals surface area (Å²) in [6, 6.07) is 1.15. The van der Waals surface area contributed by atoms with Crippen molar-refractivity contribution < 1.29 is 46.4 Å². The molecule has 1 fully saturated rings. The van der Waals surface area contributed by atoms with Crippen LogP contribution in [0.15, 0.2) is 41.3 Å². The Morgan fingerprint density at radius 1 is 1.02 bits per heavy atom. The van der Waals surface area contributed by atoms with E-state index >= 15 is 0 Å². The first-order valence-electron chi connectivity index (χ1n) is 11.8. The molecule has 0 saturated carbocycles. The van der Waals surface area contributed by atoms with Crippen LogP contribution in [0.2, 0.25) is 0 Å². The second-order valence-electron chi connectivity index (χ2n) is 9.16. The minimum absolute atomic E-state index is 0.00820. The summed E-state index contributed by atoms with van der Waals surface area (Å²) in [5.41, 5.74) is -1.86. The Morgan fingerprint density at radius 2 is 1.71 bits per heavy atom. The smallest absolute Gasteiger partial charge is 0.394 e. The highest BCUT2D eigenvalue weighted by molar-refractivity contribution is 9.10. The number of aliphatic hydroxyl groups excluding tert-OH is 3.